The van der Waals surface area contributed by atoms with Gasteiger partial charge in [0.05, 0.1) is 5.69 Å². The van der Waals surface area contributed by atoms with Crippen LogP contribution in [-0.4, -0.2) is 16.1 Å². The summed E-state index contributed by atoms with van der Waals surface area (Å²) in [5.74, 6) is -0.402. The number of rotatable bonds is 2. The van der Waals surface area contributed by atoms with Crippen LogP contribution < -0.4 is 0 Å². The van der Waals surface area contributed by atoms with E-state index in [0.29, 0.717) is 17.4 Å². The highest BCUT2D eigenvalue weighted by molar-refractivity contribution is 5.77. The number of aryl methyl sites for hydroxylation is 2. The minimum atomic E-state index is -0.402. The monoisotopic (exact) mass is 218 g/mol. The first-order valence-corrected chi connectivity index (χ1v) is 4.87. The van der Waals surface area contributed by atoms with Crippen LogP contribution in [0.1, 0.15) is 16.1 Å². The van der Waals surface area contributed by atoms with Gasteiger partial charge in [-0.1, -0.05) is 12.1 Å². The second kappa shape index (κ2) is 3.89. The van der Waals surface area contributed by atoms with E-state index in [1.165, 1.54) is 6.07 Å². The molecule has 0 fully saturated rings. The normalized spacial score (nSPS) is 10.4. The lowest BCUT2D eigenvalue weighted by molar-refractivity contribution is 0.112. The van der Waals surface area contributed by atoms with Gasteiger partial charge in [-0.15, -0.1) is 0 Å². The molecule has 0 N–H and O–H groups in total. The first-order valence-electron chi connectivity index (χ1n) is 4.87. The molecule has 82 valence electrons. The Morgan fingerprint density at radius 1 is 1.38 bits per heavy atom. The zero-order valence-corrected chi connectivity index (χ0v) is 9.07. The quantitative estimate of drug-likeness (QED) is 0.725. The molecular formula is C12H11FN2O. The molecule has 0 unspecified atom stereocenters. The van der Waals surface area contributed by atoms with Gasteiger partial charge in [0, 0.05) is 29.9 Å². The van der Waals surface area contributed by atoms with Gasteiger partial charge in [0.25, 0.3) is 0 Å². The smallest absolute Gasteiger partial charge is 0.150 e. The molecule has 3 nitrogen and oxygen atoms in total. The van der Waals surface area contributed by atoms with Crippen molar-refractivity contribution in [3.05, 3.63) is 41.5 Å². The van der Waals surface area contributed by atoms with Crippen molar-refractivity contribution < 1.29 is 9.18 Å². The second-order valence-electron chi connectivity index (χ2n) is 3.66. The van der Waals surface area contributed by atoms with E-state index in [2.05, 4.69) is 5.10 Å². The molecule has 0 aliphatic rings. The van der Waals surface area contributed by atoms with Gasteiger partial charge in [-0.2, -0.15) is 5.10 Å². The lowest BCUT2D eigenvalue weighted by Crippen LogP contribution is -1.88. The first-order chi connectivity index (χ1) is 7.61. The van der Waals surface area contributed by atoms with Crippen LogP contribution in [0.2, 0.25) is 0 Å². The van der Waals surface area contributed by atoms with Crippen LogP contribution in [0.5, 0.6) is 0 Å². The van der Waals surface area contributed by atoms with Gasteiger partial charge in [0.2, 0.25) is 0 Å². The number of hydrogen-bond acceptors (Lipinski definition) is 2. The van der Waals surface area contributed by atoms with Crippen molar-refractivity contribution in [1.29, 1.82) is 0 Å². The Bertz CT molecular complexity index is 546. The second-order valence-corrected chi connectivity index (χ2v) is 3.66. The average Bonchev–Trinajstić information content (AvgIpc) is 2.57. The highest BCUT2D eigenvalue weighted by Gasteiger charge is 2.11. The summed E-state index contributed by atoms with van der Waals surface area (Å²) < 4.78 is 15.4. The summed E-state index contributed by atoms with van der Waals surface area (Å²) >= 11 is 0. The molecule has 2 aromatic rings. The summed E-state index contributed by atoms with van der Waals surface area (Å²) in [7, 11) is 1.79. The van der Waals surface area contributed by atoms with Crippen molar-refractivity contribution in [1.82, 2.24) is 9.78 Å². The summed E-state index contributed by atoms with van der Waals surface area (Å²) in [6.45, 7) is 1.82. The average molecular weight is 218 g/mol. The van der Waals surface area contributed by atoms with E-state index >= 15 is 0 Å². The summed E-state index contributed by atoms with van der Waals surface area (Å²) in [5, 5.41) is 4.15. The van der Waals surface area contributed by atoms with E-state index in [-0.39, 0.29) is 0 Å². The summed E-state index contributed by atoms with van der Waals surface area (Å²) in [5.41, 5.74) is 2.32. The molecule has 0 aliphatic heterocycles. The number of carbonyl (C=O) groups is 1. The van der Waals surface area contributed by atoms with E-state index in [1.54, 1.807) is 30.1 Å². The molecule has 0 atom stereocenters. The van der Waals surface area contributed by atoms with Crippen molar-refractivity contribution in [2.75, 3.05) is 0 Å². The molecular weight excluding hydrogens is 207 g/mol. The molecule has 0 spiro atoms. The van der Waals surface area contributed by atoms with Gasteiger partial charge in [-0.25, -0.2) is 4.39 Å². The van der Waals surface area contributed by atoms with Gasteiger partial charge in [-0.3, -0.25) is 9.48 Å². The molecule has 4 heteroatoms. The topological polar surface area (TPSA) is 34.9 Å². The molecule has 1 aromatic heterocycles. The van der Waals surface area contributed by atoms with Crippen LogP contribution in [0.25, 0.3) is 11.1 Å². The van der Waals surface area contributed by atoms with Crippen molar-refractivity contribution >= 4 is 6.29 Å². The maximum Gasteiger partial charge on any atom is 0.150 e. The van der Waals surface area contributed by atoms with Crippen LogP contribution in [-0.2, 0) is 7.05 Å². The Kier molecular flexibility index (Phi) is 2.56. The fourth-order valence-corrected chi connectivity index (χ4v) is 1.69. The molecule has 0 amide bonds. The number of nitrogens with zero attached hydrogens (tertiary/aromatic N) is 2. The van der Waals surface area contributed by atoms with Gasteiger partial charge in [0.1, 0.15) is 12.1 Å². The van der Waals surface area contributed by atoms with E-state index < -0.39 is 5.82 Å². The van der Waals surface area contributed by atoms with Crippen LogP contribution in [0, 0.1) is 12.7 Å². The van der Waals surface area contributed by atoms with Gasteiger partial charge in [-0.05, 0) is 13.0 Å². The zero-order chi connectivity index (χ0) is 11.7. The SMILES string of the molecule is Cc1nn(C)cc1-c1ccc(C=O)cc1F. The molecule has 0 aliphatic carbocycles. The van der Waals surface area contributed by atoms with Crippen molar-refractivity contribution in [2.24, 2.45) is 7.05 Å². The molecule has 2 rings (SSSR count). The molecule has 1 heterocycles. The highest BCUT2D eigenvalue weighted by atomic mass is 19.1. The molecule has 0 saturated carbocycles. The predicted octanol–water partition coefficient (Wildman–Crippen LogP) is 2.35. The van der Waals surface area contributed by atoms with E-state index in [1.807, 2.05) is 6.92 Å². The maximum atomic E-state index is 13.7. The lowest BCUT2D eigenvalue weighted by atomic mass is 10.0. The van der Waals surface area contributed by atoms with E-state index in [4.69, 9.17) is 0 Å². The molecule has 16 heavy (non-hydrogen) atoms. The summed E-state index contributed by atoms with van der Waals surface area (Å²) in [6.07, 6.45) is 2.39. The molecule has 1 aromatic carbocycles. The number of aldehydes is 1. The fraction of sp³-hybridized carbons (Fsp3) is 0.167. The number of benzene rings is 1. The third-order valence-electron chi connectivity index (χ3n) is 2.43. The number of aromatic nitrogens is 2. The highest BCUT2D eigenvalue weighted by Crippen LogP contribution is 2.25. The Balaban J connectivity index is 2.56. The number of halogens is 1. The standard InChI is InChI=1S/C12H11FN2O/c1-8-11(6-15(2)14-8)10-4-3-9(7-16)5-12(10)13/h3-7H,1-2H3. The van der Waals surface area contributed by atoms with E-state index in [9.17, 15) is 9.18 Å². The van der Waals surface area contributed by atoms with Crippen LogP contribution in [0.3, 0.4) is 0 Å². The first kappa shape index (κ1) is 10.5. The minimum Gasteiger partial charge on any atom is -0.298 e. The van der Waals surface area contributed by atoms with Crippen LogP contribution >= 0.6 is 0 Å². The van der Waals surface area contributed by atoms with E-state index in [0.717, 1.165) is 11.3 Å². The molecule has 0 saturated heterocycles. The Labute approximate surface area is 92.5 Å². The van der Waals surface area contributed by atoms with Crippen molar-refractivity contribution in [3.63, 3.8) is 0 Å². The summed E-state index contributed by atoms with van der Waals surface area (Å²) in [6, 6.07) is 4.43. The Hall–Kier alpha value is -1.97. The third-order valence-corrected chi connectivity index (χ3v) is 2.43. The number of carbonyl (C=O) groups excluding carboxylic acids is 1. The third kappa shape index (κ3) is 1.74. The Morgan fingerprint density at radius 2 is 2.12 bits per heavy atom. The lowest BCUT2D eigenvalue weighted by Gasteiger charge is -2.01. The van der Waals surface area contributed by atoms with Gasteiger partial charge in [0.15, 0.2) is 0 Å². The van der Waals surface area contributed by atoms with Crippen molar-refractivity contribution in [3.8, 4) is 11.1 Å². The van der Waals surface area contributed by atoms with Crippen LogP contribution in [0.15, 0.2) is 24.4 Å². The minimum absolute atomic E-state index is 0.336. The van der Waals surface area contributed by atoms with Gasteiger partial charge < -0.3 is 0 Å². The Morgan fingerprint density at radius 3 is 2.62 bits per heavy atom. The maximum absolute atomic E-state index is 13.7. The largest absolute Gasteiger partial charge is 0.298 e. The van der Waals surface area contributed by atoms with Crippen LogP contribution in [0.4, 0.5) is 4.39 Å². The molecule has 0 radical (unpaired) electrons. The molecule has 0 bridgehead atoms. The van der Waals surface area contributed by atoms with Crippen molar-refractivity contribution in [2.45, 2.75) is 6.92 Å². The predicted molar refractivity (Wildman–Crippen MR) is 58.7 cm³/mol. The zero-order valence-electron chi connectivity index (χ0n) is 9.07. The van der Waals surface area contributed by atoms with Gasteiger partial charge >= 0.3 is 0 Å². The summed E-state index contributed by atoms with van der Waals surface area (Å²) in [4.78, 5) is 10.5. The fourth-order valence-electron chi connectivity index (χ4n) is 1.69. The number of hydrogen-bond donors (Lipinski definition) is 0.